The zero-order chi connectivity index (χ0) is 21.4. The highest BCUT2D eigenvalue weighted by molar-refractivity contribution is 7.22. The van der Waals surface area contributed by atoms with E-state index in [2.05, 4.69) is 20.9 Å². The van der Waals surface area contributed by atoms with Crippen LogP contribution in [0, 0.1) is 5.92 Å². The molecule has 1 fully saturated rings. The maximum absolute atomic E-state index is 12.6. The highest BCUT2D eigenvalue weighted by Crippen LogP contribution is 2.31. The lowest BCUT2D eigenvalue weighted by molar-refractivity contribution is 0.0944. The second-order valence-corrected chi connectivity index (χ2v) is 9.32. The van der Waals surface area contributed by atoms with E-state index >= 15 is 0 Å². The summed E-state index contributed by atoms with van der Waals surface area (Å²) in [6.07, 6.45) is 2.21. The normalized spacial score (nSPS) is 14.0. The molecule has 5 rings (SSSR count). The standard InChI is InChI=1S/C22H23ClN6OS.2ClH/c1-29-18-5-2-14(20(30)25-12-13-6-8-24-9-7-13)10-17(18)26-21(29)28-22-27-16-4-3-15(23)11-19(16)31-22;;/h2-5,10-11,13,24H,6-9,12H2,1H3,(H,25,30)(H,26,27,28);2*1H. The number of nitrogens with zero attached hydrogens (tertiary/aromatic N) is 3. The van der Waals surface area contributed by atoms with Crippen molar-refractivity contribution >= 4 is 86.0 Å². The van der Waals surface area contributed by atoms with Crippen LogP contribution in [0.5, 0.6) is 0 Å². The van der Waals surface area contributed by atoms with Crippen molar-refractivity contribution in [3.63, 3.8) is 0 Å². The molecule has 0 aliphatic carbocycles. The number of anilines is 2. The van der Waals surface area contributed by atoms with Gasteiger partial charge in [0.15, 0.2) is 5.13 Å². The minimum atomic E-state index is -0.0522. The molecule has 33 heavy (non-hydrogen) atoms. The summed E-state index contributed by atoms with van der Waals surface area (Å²) >= 11 is 7.60. The van der Waals surface area contributed by atoms with Gasteiger partial charge in [-0.1, -0.05) is 22.9 Å². The number of aryl methyl sites for hydroxylation is 1. The van der Waals surface area contributed by atoms with Gasteiger partial charge in [-0.2, -0.15) is 0 Å². The van der Waals surface area contributed by atoms with Gasteiger partial charge >= 0.3 is 0 Å². The van der Waals surface area contributed by atoms with Crippen molar-refractivity contribution in [2.75, 3.05) is 25.0 Å². The van der Waals surface area contributed by atoms with Gasteiger partial charge in [-0.05, 0) is 68.2 Å². The summed E-state index contributed by atoms with van der Waals surface area (Å²) in [5, 5.41) is 11.2. The largest absolute Gasteiger partial charge is 0.352 e. The van der Waals surface area contributed by atoms with Crippen molar-refractivity contribution in [1.29, 1.82) is 0 Å². The predicted molar refractivity (Wildman–Crippen MR) is 141 cm³/mol. The van der Waals surface area contributed by atoms with Gasteiger partial charge < -0.3 is 20.5 Å². The number of halogens is 3. The number of benzene rings is 2. The highest BCUT2D eigenvalue weighted by atomic mass is 35.5. The molecular formula is C22H25Cl3N6OS. The van der Waals surface area contributed by atoms with Gasteiger partial charge in [0.1, 0.15) is 0 Å². The summed E-state index contributed by atoms with van der Waals surface area (Å²) in [5.41, 5.74) is 3.23. The summed E-state index contributed by atoms with van der Waals surface area (Å²) in [7, 11) is 1.94. The summed E-state index contributed by atoms with van der Waals surface area (Å²) in [6, 6.07) is 11.3. The zero-order valence-electron chi connectivity index (χ0n) is 17.9. The average molecular weight is 528 g/mol. The van der Waals surface area contributed by atoms with Gasteiger partial charge in [-0.3, -0.25) is 4.79 Å². The molecule has 1 aliphatic heterocycles. The molecule has 0 bridgehead atoms. The van der Waals surface area contributed by atoms with Gasteiger partial charge in [0.25, 0.3) is 5.91 Å². The Morgan fingerprint density at radius 2 is 1.94 bits per heavy atom. The molecule has 2 aromatic heterocycles. The second-order valence-electron chi connectivity index (χ2n) is 7.86. The number of amides is 1. The summed E-state index contributed by atoms with van der Waals surface area (Å²) in [5.74, 6) is 1.17. The molecule has 3 N–H and O–H groups in total. The van der Waals surface area contributed by atoms with Crippen LogP contribution in [0.4, 0.5) is 11.1 Å². The third-order valence-electron chi connectivity index (χ3n) is 5.72. The minimum Gasteiger partial charge on any atom is -0.352 e. The average Bonchev–Trinajstić information content (AvgIpc) is 3.32. The third-order valence-corrected chi connectivity index (χ3v) is 6.89. The van der Waals surface area contributed by atoms with Crippen LogP contribution >= 0.6 is 47.8 Å². The van der Waals surface area contributed by atoms with Crippen molar-refractivity contribution in [3.8, 4) is 0 Å². The molecule has 1 aliphatic rings. The molecule has 1 amide bonds. The Bertz CT molecular complexity index is 1270. The Kier molecular flexibility index (Phi) is 8.42. The van der Waals surface area contributed by atoms with Crippen LogP contribution in [-0.2, 0) is 7.05 Å². The fraction of sp³-hybridized carbons (Fsp3) is 0.318. The minimum absolute atomic E-state index is 0. The first-order valence-corrected chi connectivity index (χ1v) is 11.5. The van der Waals surface area contributed by atoms with Crippen LogP contribution < -0.4 is 16.0 Å². The van der Waals surface area contributed by atoms with Crippen LogP contribution in [0.2, 0.25) is 5.02 Å². The molecule has 2 aromatic carbocycles. The molecular weight excluding hydrogens is 503 g/mol. The van der Waals surface area contributed by atoms with E-state index in [0.29, 0.717) is 22.5 Å². The van der Waals surface area contributed by atoms with E-state index in [1.54, 1.807) is 0 Å². The zero-order valence-corrected chi connectivity index (χ0v) is 21.1. The van der Waals surface area contributed by atoms with Crippen molar-refractivity contribution in [2.24, 2.45) is 13.0 Å². The van der Waals surface area contributed by atoms with Crippen LogP contribution in [-0.4, -0.2) is 40.1 Å². The summed E-state index contributed by atoms with van der Waals surface area (Å²) in [4.78, 5) is 21.9. The number of hydrogen-bond donors (Lipinski definition) is 3. The molecule has 0 atom stereocenters. The van der Waals surface area contributed by atoms with Crippen molar-refractivity contribution in [3.05, 3.63) is 47.0 Å². The van der Waals surface area contributed by atoms with Crippen LogP contribution in [0.25, 0.3) is 21.3 Å². The van der Waals surface area contributed by atoms with Crippen molar-refractivity contribution in [2.45, 2.75) is 12.8 Å². The van der Waals surface area contributed by atoms with Crippen molar-refractivity contribution < 1.29 is 4.79 Å². The number of nitrogens with one attached hydrogen (secondary N) is 3. The van der Waals surface area contributed by atoms with E-state index < -0.39 is 0 Å². The van der Waals surface area contributed by atoms with Gasteiger partial charge in [0.05, 0.1) is 21.3 Å². The highest BCUT2D eigenvalue weighted by Gasteiger charge is 2.16. The lowest BCUT2D eigenvalue weighted by Crippen LogP contribution is -2.35. The van der Waals surface area contributed by atoms with Gasteiger partial charge in [0, 0.05) is 24.2 Å². The summed E-state index contributed by atoms with van der Waals surface area (Å²) in [6.45, 7) is 2.77. The number of aromatic nitrogens is 3. The summed E-state index contributed by atoms with van der Waals surface area (Å²) < 4.78 is 2.98. The number of thiazole rings is 1. The fourth-order valence-electron chi connectivity index (χ4n) is 3.93. The molecule has 7 nitrogen and oxygen atoms in total. The molecule has 4 aromatic rings. The maximum atomic E-state index is 12.6. The number of fused-ring (bicyclic) bond motifs is 2. The van der Waals surface area contributed by atoms with Crippen LogP contribution in [0.1, 0.15) is 23.2 Å². The van der Waals surface area contributed by atoms with E-state index in [0.717, 1.165) is 58.9 Å². The molecule has 176 valence electrons. The van der Waals surface area contributed by atoms with Gasteiger partial charge in [-0.25, -0.2) is 9.97 Å². The quantitative estimate of drug-likeness (QED) is 0.334. The Morgan fingerprint density at radius 3 is 2.73 bits per heavy atom. The third kappa shape index (κ3) is 5.53. The Labute approximate surface area is 213 Å². The SMILES string of the molecule is Cl.Cl.Cn1c(Nc2nc3ccc(Cl)cc3s2)nc2cc(C(=O)NCC3CCNCC3)ccc21. The second kappa shape index (κ2) is 10.9. The monoisotopic (exact) mass is 526 g/mol. The number of imidazole rings is 1. The number of carbonyl (C=O) groups excluding carboxylic acids is 1. The lowest BCUT2D eigenvalue weighted by atomic mass is 9.98. The Morgan fingerprint density at radius 1 is 1.15 bits per heavy atom. The molecule has 1 saturated heterocycles. The first-order chi connectivity index (χ1) is 15.1. The van der Waals surface area contributed by atoms with Crippen molar-refractivity contribution in [1.82, 2.24) is 25.2 Å². The number of rotatable bonds is 5. The molecule has 0 radical (unpaired) electrons. The predicted octanol–water partition coefficient (Wildman–Crippen LogP) is 5.15. The molecule has 3 heterocycles. The first kappa shape index (κ1) is 25.5. The smallest absolute Gasteiger partial charge is 0.251 e. The fourth-order valence-corrected chi connectivity index (χ4v) is 5.06. The van der Waals surface area contributed by atoms with E-state index in [-0.39, 0.29) is 30.7 Å². The number of carbonyl (C=O) groups is 1. The number of piperidine rings is 1. The van der Waals surface area contributed by atoms with E-state index in [4.69, 9.17) is 16.6 Å². The maximum Gasteiger partial charge on any atom is 0.251 e. The van der Waals surface area contributed by atoms with Crippen LogP contribution in [0.3, 0.4) is 0 Å². The van der Waals surface area contributed by atoms with E-state index in [1.807, 2.05) is 48.0 Å². The van der Waals surface area contributed by atoms with E-state index in [1.165, 1.54) is 11.3 Å². The molecule has 11 heteroatoms. The topological polar surface area (TPSA) is 83.9 Å². The molecule has 0 saturated carbocycles. The Hall–Kier alpha value is -2.10. The van der Waals surface area contributed by atoms with E-state index in [9.17, 15) is 4.79 Å². The van der Waals surface area contributed by atoms with Crippen LogP contribution in [0.15, 0.2) is 36.4 Å². The molecule has 0 spiro atoms. The number of hydrogen-bond acceptors (Lipinski definition) is 6. The van der Waals surface area contributed by atoms with Gasteiger partial charge in [0.2, 0.25) is 5.95 Å². The first-order valence-electron chi connectivity index (χ1n) is 10.4. The molecule has 0 unspecified atom stereocenters. The lowest BCUT2D eigenvalue weighted by Gasteiger charge is -2.22. The van der Waals surface area contributed by atoms with Gasteiger partial charge in [-0.15, -0.1) is 24.8 Å². The Balaban J connectivity index is 0.00000153.